The van der Waals surface area contributed by atoms with Gasteiger partial charge < -0.3 is 5.32 Å². The Labute approximate surface area is 112 Å². The maximum atomic E-state index is 3.75. The van der Waals surface area contributed by atoms with Crippen LogP contribution in [0.1, 0.15) is 64.7 Å². The van der Waals surface area contributed by atoms with Gasteiger partial charge in [-0.15, -0.1) is 0 Å². The molecule has 1 nitrogen and oxygen atoms in total. The SMILES string of the molecule is CNC(CC1CC1)C12CC3CC(CC(C)(C3)C1)C2. The molecule has 5 fully saturated rings. The molecule has 3 unspecified atom stereocenters. The van der Waals surface area contributed by atoms with Crippen molar-refractivity contribution in [1.82, 2.24) is 5.32 Å². The van der Waals surface area contributed by atoms with Crippen LogP contribution in [0.2, 0.25) is 0 Å². The number of rotatable bonds is 4. The molecule has 0 saturated heterocycles. The van der Waals surface area contributed by atoms with Gasteiger partial charge in [0.25, 0.3) is 0 Å². The quantitative estimate of drug-likeness (QED) is 0.792. The Kier molecular flexibility index (Phi) is 2.45. The van der Waals surface area contributed by atoms with Gasteiger partial charge in [-0.3, -0.25) is 0 Å². The summed E-state index contributed by atoms with van der Waals surface area (Å²) in [6.45, 7) is 2.60. The standard InChI is InChI=1S/C17H29N/c1-16-7-13-5-14(8-16)10-17(9-13,11-16)15(18-2)6-12-3-4-12/h12-15,18H,3-11H2,1-2H3. The normalized spacial score (nSPS) is 51.7. The summed E-state index contributed by atoms with van der Waals surface area (Å²) >= 11 is 0. The van der Waals surface area contributed by atoms with E-state index in [0.717, 1.165) is 23.8 Å². The summed E-state index contributed by atoms with van der Waals surface area (Å²) in [6.07, 6.45) is 13.8. The Morgan fingerprint density at radius 3 is 2.28 bits per heavy atom. The molecule has 102 valence electrons. The van der Waals surface area contributed by atoms with Crippen LogP contribution in [0.3, 0.4) is 0 Å². The van der Waals surface area contributed by atoms with Crippen LogP contribution in [0.25, 0.3) is 0 Å². The Hall–Kier alpha value is -0.0400. The zero-order valence-electron chi connectivity index (χ0n) is 12.2. The van der Waals surface area contributed by atoms with Crippen LogP contribution in [0.4, 0.5) is 0 Å². The van der Waals surface area contributed by atoms with Crippen LogP contribution < -0.4 is 5.32 Å². The summed E-state index contributed by atoms with van der Waals surface area (Å²) in [6, 6.07) is 0.829. The lowest BCUT2D eigenvalue weighted by Crippen LogP contribution is -2.58. The van der Waals surface area contributed by atoms with Gasteiger partial charge in [-0.1, -0.05) is 19.8 Å². The van der Waals surface area contributed by atoms with Gasteiger partial charge in [0.2, 0.25) is 0 Å². The molecule has 0 aromatic carbocycles. The average molecular weight is 247 g/mol. The zero-order valence-corrected chi connectivity index (χ0v) is 12.2. The summed E-state index contributed by atoms with van der Waals surface area (Å²) in [7, 11) is 2.23. The maximum absolute atomic E-state index is 3.75. The van der Waals surface area contributed by atoms with Gasteiger partial charge >= 0.3 is 0 Å². The third-order valence-electron chi connectivity index (χ3n) is 6.75. The van der Waals surface area contributed by atoms with E-state index in [1.165, 1.54) is 25.7 Å². The first-order chi connectivity index (χ1) is 8.61. The molecule has 5 rings (SSSR count). The van der Waals surface area contributed by atoms with Crippen molar-refractivity contribution in [3.8, 4) is 0 Å². The van der Waals surface area contributed by atoms with Crippen molar-refractivity contribution >= 4 is 0 Å². The van der Waals surface area contributed by atoms with E-state index in [1.54, 1.807) is 32.1 Å². The molecule has 0 radical (unpaired) electrons. The van der Waals surface area contributed by atoms with E-state index in [9.17, 15) is 0 Å². The van der Waals surface area contributed by atoms with Crippen molar-refractivity contribution < 1.29 is 0 Å². The second-order valence-electron chi connectivity index (χ2n) is 8.65. The van der Waals surface area contributed by atoms with E-state index in [2.05, 4.69) is 19.3 Å². The fraction of sp³-hybridized carbons (Fsp3) is 1.00. The van der Waals surface area contributed by atoms with E-state index in [-0.39, 0.29) is 0 Å². The Morgan fingerprint density at radius 1 is 1.11 bits per heavy atom. The molecule has 5 aliphatic rings. The maximum Gasteiger partial charge on any atom is 0.0124 e. The van der Waals surface area contributed by atoms with Crippen molar-refractivity contribution in [3.05, 3.63) is 0 Å². The van der Waals surface area contributed by atoms with E-state index < -0.39 is 0 Å². The van der Waals surface area contributed by atoms with Crippen molar-refractivity contribution in [2.45, 2.75) is 70.8 Å². The summed E-state index contributed by atoms with van der Waals surface area (Å²) in [4.78, 5) is 0. The minimum atomic E-state index is 0.691. The molecule has 0 spiro atoms. The minimum Gasteiger partial charge on any atom is -0.316 e. The van der Waals surface area contributed by atoms with Crippen LogP contribution in [0, 0.1) is 28.6 Å². The van der Waals surface area contributed by atoms with Crippen LogP contribution in [0.5, 0.6) is 0 Å². The van der Waals surface area contributed by atoms with Gasteiger partial charge in [-0.25, -0.2) is 0 Å². The lowest BCUT2D eigenvalue weighted by atomic mass is 9.43. The molecule has 3 atom stereocenters. The van der Waals surface area contributed by atoms with E-state index in [1.807, 2.05) is 0 Å². The highest BCUT2D eigenvalue weighted by Gasteiger charge is 2.58. The predicted molar refractivity (Wildman–Crippen MR) is 75.4 cm³/mol. The number of hydrogen-bond acceptors (Lipinski definition) is 1. The molecule has 5 saturated carbocycles. The minimum absolute atomic E-state index is 0.691. The molecule has 18 heavy (non-hydrogen) atoms. The molecule has 0 heterocycles. The fourth-order valence-corrected chi connectivity index (χ4v) is 6.57. The smallest absolute Gasteiger partial charge is 0.0124 e. The first-order valence-electron chi connectivity index (χ1n) is 8.28. The van der Waals surface area contributed by atoms with Crippen LogP contribution >= 0.6 is 0 Å². The van der Waals surface area contributed by atoms with E-state index >= 15 is 0 Å². The van der Waals surface area contributed by atoms with Gasteiger partial charge in [-0.05, 0) is 80.6 Å². The summed E-state index contributed by atoms with van der Waals surface area (Å²) in [5.74, 6) is 3.22. The Bertz CT molecular complexity index is 330. The van der Waals surface area contributed by atoms with Gasteiger partial charge in [0.15, 0.2) is 0 Å². The molecule has 1 heteroatoms. The van der Waals surface area contributed by atoms with Crippen LogP contribution in [-0.4, -0.2) is 13.1 Å². The zero-order chi connectivity index (χ0) is 12.4. The molecule has 5 aliphatic carbocycles. The first-order valence-corrected chi connectivity index (χ1v) is 8.28. The van der Waals surface area contributed by atoms with E-state index in [4.69, 9.17) is 0 Å². The Balaban J connectivity index is 1.61. The molecular weight excluding hydrogens is 218 g/mol. The largest absolute Gasteiger partial charge is 0.316 e. The number of hydrogen-bond donors (Lipinski definition) is 1. The highest BCUT2D eigenvalue weighted by Crippen LogP contribution is 2.66. The van der Waals surface area contributed by atoms with Crippen molar-refractivity contribution in [2.75, 3.05) is 7.05 Å². The molecular formula is C17H29N. The molecule has 1 N–H and O–H groups in total. The molecule has 0 aromatic heterocycles. The second-order valence-corrected chi connectivity index (χ2v) is 8.65. The van der Waals surface area contributed by atoms with Crippen LogP contribution in [0.15, 0.2) is 0 Å². The van der Waals surface area contributed by atoms with Crippen molar-refractivity contribution in [3.63, 3.8) is 0 Å². The monoisotopic (exact) mass is 247 g/mol. The van der Waals surface area contributed by atoms with Crippen LogP contribution in [-0.2, 0) is 0 Å². The average Bonchev–Trinajstić information content (AvgIpc) is 3.05. The predicted octanol–water partition coefficient (Wildman–Crippen LogP) is 3.98. The summed E-state index contributed by atoms with van der Waals surface area (Å²) in [5, 5.41) is 3.75. The lowest BCUT2D eigenvalue weighted by Gasteiger charge is -2.63. The Morgan fingerprint density at radius 2 is 1.78 bits per heavy atom. The van der Waals surface area contributed by atoms with Gasteiger partial charge in [0.1, 0.15) is 0 Å². The van der Waals surface area contributed by atoms with Gasteiger partial charge in [0.05, 0.1) is 0 Å². The molecule has 0 aromatic rings. The van der Waals surface area contributed by atoms with E-state index in [0.29, 0.717) is 10.8 Å². The topological polar surface area (TPSA) is 12.0 Å². The first kappa shape index (κ1) is 11.8. The third kappa shape index (κ3) is 1.77. The number of nitrogens with one attached hydrogen (secondary N) is 1. The highest BCUT2D eigenvalue weighted by molar-refractivity contribution is 5.10. The molecule has 0 amide bonds. The van der Waals surface area contributed by atoms with Gasteiger partial charge in [0, 0.05) is 6.04 Å². The van der Waals surface area contributed by atoms with Crippen molar-refractivity contribution in [2.24, 2.45) is 28.6 Å². The highest BCUT2D eigenvalue weighted by atomic mass is 14.9. The third-order valence-corrected chi connectivity index (χ3v) is 6.75. The lowest BCUT2D eigenvalue weighted by molar-refractivity contribution is -0.118. The fourth-order valence-electron chi connectivity index (χ4n) is 6.57. The molecule has 4 bridgehead atoms. The van der Waals surface area contributed by atoms with Gasteiger partial charge in [-0.2, -0.15) is 0 Å². The summed E-state index contributed by atoms with van der Waals surface area (Å²) in [5.41, 5.74) is 1.40. The van der Waals surface area contributed by atoms with Crippen molar-refractivity contribution in [1.29, 1.82) is 0 Å². The second kappa shape index (κ2) is 3.75. The summed E-state index contributed by atoms with van der Waals surface area (Å²) < 4.78 is 0. The molecule has 0 aliphatic heterocycles.